The molecule has 1 aliphatic heterocycles. The lowest BCUT2D eigenvalue weighted by molar-refractivity contribution is -0.489. The molecule has 1 aliphatic rings. The summed E-state index contributed by atoms with van der Waals surface area (Å²) in [4.78, 5) is 20.8. The molecular weight excluding hydrogens is 174 g/mol. The summed E-state index contributed by atoms with van der Waals surface area (Å²) in [7, 11) is 0. The van der Waals surface area contributed by atoms with E-state index in [2.05, 4.69) is 0 Å². The van der Waals surface area contributed by atoms with Crippen LogP contribution < -0.4 is 0 Å². The number of ether oxygens (including phenoxy) is 1. The van der Waals surface area contributed by atoms with Crippen LogP contribution in [0.1, 0.15) is 19.8 Å². The van der Waals surface area contributed by atoms with Gasteiger partial charge in [0, 0.05) is 17.3 Å². The lowest BCUT2D eigenvalue weighted by Gasteiger charge is -2.24. The fraction of sp³-hybridized carbons (Fsp3) is 0.875. The number of cyclic esters (lactones) is 1. The Balaban J connectivity index is 2.41. The van der Waals surface area contributed by atoms with Crippen LogP contribution in [-0.4, -0.2) is 24.0 Å². The van der Waals surface area contributed by atoms with Crippen molar-refractivity contribution in [3.05, 3.63) is 10.1 Å². The highest BCUT2D eigenvalue weighted by atomic mass is 16.6. The van der Waals surface area contributed by atoms with E-state index >= 15 is 0 Å². The van der Waals surface area contributed by atoms with Crippen LogP contribution in [-0.2, 0) is 9.53 Å². The van der Waals surface area contributed by atoms with Crippen LogP contribution in [0.4, 0.5) is 0 Å². The zero-order chi connectivity index (χ0) is 9.84. The van der Waals surface area contributed by atoms with E-state index in [1.54, 1.807) is 0 Å². The lowest BCUT2D eigenvalue weighted by atomic mass is 9.87. The van der Waals surface area contributed by atoms with Gasteiger partial charge in [0.15, 0.2) is 0 Å². The van der Waals surface area contributed by atoms with Crippen LogP contribution in [0, 0.1) is 22.0 Å². The molecule has 0 bridgehead atoms. The van der Waals surface area contributed by atoms with Gasteiger partial charge >= 0.3 is 5.97 Å². The lowest BCUT2D eigenvalue weighted by Crippen LogP contribution is -2.28. The van der Waals surface area contributed by atoms with E-state index in [9.17, 15) is 14.9 Å². The predicted octanol–water partition coefficient (Wildman–Crippen LogP) is 0.852. The maximum atomic E-state index is 10.9. The summed E-state index contributed by atoms with van der Waals surface area (Å²) >= 11 is 0. The molecule has 0 amide bonds. The van der Waals surface area contributed by atoms with Crippen molar-refractivity contribution in [3.63, 3.8) is 0 Å². The van der Waals surface area contributed by atoms with Crippen molar-refractivity contribution in [3.8, 4) is 0 Å². The summed E-state index contributed by atoms with van der Waals surface area (Å²) < 4.78 is 4.75. The third-order valence-corrected chi connectivity index (χ3v) is 2.42. The van der Waals surface area contributed by atoms with Gasteiger partial charge in [0.1, 0.15) is 0 Å². The average molecular weight is 187 g/mol. The van der Waals surface area contributed by atoms with Gasteiger partial charge < -0.3 is 4.74 Å². The SMILES string of the molecule is CC(C[N+](=O)[O-])C1CCOC(=O)C1. The van der Waals surface area contributed by atoms with Crippen LogP contribution in [0.15, 0.2) is 0 Å². The Kier molecular flexibility index (Phi) is 3.22. The molecule has 1 heterocycles. The highest BCUT2D eigenvalue weighted by molar-refractivity contribution is 5.70. The Bertz CT molecular complexity index is 216. The van der Waals surface area contributed by atoms with E-state index in [1.807, 2.05) is 6.92 Å². The predicted molar refractivity (Wildman–Crippen MR) is 44.7 cm³/mol. The Hall–Kier alpha value is -1.13. The minimum atomic E-state index is -0.329. The van der Waals surface area contributed by atoms with Crippen LogP contribution >= 0.6 is 0 Å². The van der Waals surface area contributed by atoms with E-state index in [0.717, 1.165) is 6.42 Å². The van der Waals surface area contributed by atoms with Crippen LogP contribution in [0.5, 0.6) is 0 Å². The molecule has 1 rings (SSSR count). The monoisotopic (exact) mass is 187 g/mol. The molecule has 1 saturated heterocycles. The molecule has 0 spiro atoms. The molecule has 13 heavy (non-hydrogen) atoms. The first-order chi connectivity index (χ1) is 6.09. The normalized spacial score (nSPS) is 25.0. The first kappa shape index (κ1) is 9.95. The van der Waals surface area contributed by atoms with Crippen molar-refractivity contribution in [2.24, 2.45) is 11.8 Å². The van der Waals surface area contributed by atoms with Gasteiger partial charge in [-0.3, -0.25) is 14.9 Å². The molecule has 0 saturated carbocycles. The van der Waals surface area contributed by atoms with Crippen molar-refractivity contribution in [2.45, 2.75) is 19.8 Å². The van der Waals surface area contributed by atoms with Crippen molar-refractivity contribution < 1.29 is 14.5 Å². The van der Waals surface area contributed by atoms with Gasteiger partial charge in [-0.25, -0.2) is 0 Å². The third-order valence-electron chi connectivity index (χ3n) is 2.42. The molecule has 2 atom stereocenters. The van der Waals surface area contributed by atoms with Gasteiger partial charge in [-0.15, -0.1) is 0 Å². The first-order valence-corrected chi connectivity index (χ1v) is 4.37. The molecule has 1 fully saturated rings. The fourth-order valence-corrected chi connectivity index (χ4v) is 1.57. The molecule has 2 unspecified atom stereocenters. The van der Waals surface area contributed by atoms with E-state index in [-0.39, 0.29) is 29.3 Å². The Morgan fingerprint density at radius 1 is 1.77 bits per heavy atom. The summed E-state index contributed by atoms with van der Waals surface area (Å²) in [6, 6.07) is 0. The number of hydrogen-bond acceptors (Lipinski definition) is 4. The van der Waals surface area contributed by atoms with Crippen LogP contribution in [0.25, 0.3) is 0 Å². The number of rotatable bonds is 3. The third kappa shape index (κ3) is 3.01. The second-order valence-electron chi connectivity index (χ2n) is 3.47. The highest BCUT2D eigenvalue weighted by Gasteiger charge is 2.28. The largest absolute Gasteiger partial charge is 0.466 e. The number of nitro groups is 1. The van der Waals surface area contributed by atoms with E-state index in [1.165, 1.54) is 0 Å². The van der Waals surface area contributed by atoms with Crippen molar-refractivity contribution >= 4 is 5.97 Å². The number of carbonyl (C=O) groups is 1. The Morgan fingerprint density at radius 2 is 2.46 bits per heavy atom. The maximum Gasteiger partial charge on any atom is 0.306 e. The summed E-state index contributed by atoms with van der Waals surface area (Å²) in [6.07, 6.45) is 1.08. The number of carbonyl (C=O) groups excluding carboxylic acids is 1. The van der Waals surface area contributed by atoms with Crippen molar-refractivity contribution in [1.29, 1.82) is 0 Å². The molecule has 0 radical (unpaired) electrons. The Morgan fingerprint density at radius 3 is 3.00 bits per heavy atom. The zero-order valence-corrected chi connectivity index (χ0v) is 7.56. The molecule has 0 aromatic rings. The summed E-state index contributed by atoms with van der Waals surface area (Å²) in [6.45, 7) is 2.16. The van der Waals surface area contributed by atoms with Gasteiger partial charge in [0.05, 0.1) is 6.61 Å². The summed E-state index contributed by atoms with van der Waals surface area (Å²) in [5.41, 5.74) is 0. The van der Waals surface area contributed by atoms with E-state index < -0.39 is 0 Å². The van der Waals surface area contributed by atoms with Gasteiger partial charge in [-0.1, -0.05) is 6.92 Å². The molecule has 0 N–H and O–H groups in total. The standard InChI is InChI=1S/C8H13NO4/c1-6(5-9(11)12)7-2-3-13-8(10)4-7/h6-7H,2-5H2,1H3. The van der Waals surface area contributed by atoms with Gasteiger partial charge in [0.2, 0.25) is 6.54 Å². The molecule has 0 aliphatic carbocycles. The summed E-state index contributed by atoms with van der Waals surface area (Å²) in [5, 5.41) is 10.2. The smallest absolute Gasteiger partial charge is 0.306 e. The average Bonchev–Trinajstić information content (AvgIpc) is 2.03. The molecule has 0 aromatic heterocycles. The van der Waals surface area contributed by atoms with Gasteiger partial charge in [-0.05, 0) is 12.3 Å². The molecule has 5 nitrogen and oxygen atoms in total. The Labute approximate surface area is 76.2 Å². The highest BCUT2D eigenvalue weighted by Crippen LogP contribution is 2.24. The second-order valence-corrected chi connectivity index (χ2v) is 3.47. The minimum absolute atomic E-state index is 0.0390. The van der Waals surface area contributed by atoms with Gasteiger partial charge in [0.25, 0.3) is 0 Å². The zero-order valence-electron chi connectivity index (χ0n) is 7.56. The van der Waals surface area contributed by atoms with Crippen LogP contribution in [0.2, 0.25) is 0 Å². The topological polar surface area (TPSA) is 69.4 Å². The van der Waals surface area contributed by atoms with Crippen LogP contribution in [0.3, 0.4) is 0 Å². The quantitative estimate of drug-likeness (QED) is 0.373. The summed E-state index contributed by atoms with van der Waals surface area (Å²) in [5.74, 6) is -0.152. The maximum absolute atomic E-state index is 10.9. The molecule has 0 aromatic carbocycles. The van der Waals surface area contributed by atoms with E-state index in [4.69, 9.17) is 4.74 Å². The number of esters is 1. The van der Waals surface area contributed by atoms with Crippen molar-refractivity contribution in [2.75, 3.05) is 13.2 Å². The van der Waals surface area contributed by atoms with Gasteiger partial charge in [-0.2, -0.15) is 0 Å². The number of nitrogens with zero attached hydrogens (tertiary/aromatic N) is 1. The second kappa shape index (κ2) is 4.20. The first-order valence-electron chi connectivity index (χ1n) is 4.37. The number of hydrogen-bond donors (Lipinski definition) is 0. The fourth-order valence-electron chi connectivity index (χ4n) is 1.57. The molecule has 74 valence electrons. The minimum Gasteiger partial charge on any atom is -0.466 e. The van der Waals surface area contributed by atoms with Crippen molar-refractivity contribution in [1.82, 2.24) is 0 Å². The molecular formula is C8H13NO4. The van der Waals surface area contributed by atoms with E-state index in [0.29, 0.717) is 13.0 Å². The molecule has 5 heteroatoms.